The van der Waals surface area contributed by atoms with Crippen LogP contribution in [0.15, 0.2) is 61.1 Å². The quantitative estimate of drug-likeness (QED) is 0.377. The number of amides is 2. The molecule has 1 heterocycles. The van der Waals surface area contributed by atoms with Crippen molar-refractivity contribution in [3.8, 4) is 11.1 Å². The number of ether oxygens (including phenoxy) is 1. The molecule has 1 atom stereocenters. The maximum absolute atomic E-state index is 12.9. The maximum atomic E-state index is 12.9. The predicted molar refractivity (Wildman–Crippen MR) is 127 cm³/mol. The Morgan fingerprint density at radius 2 is 1.74 bits per heavy atom. The van der Waals surface area contributed by atoms with Crippen LogP contribution in [-0.2, 0) is 20.7 Å². The minimum absolute atomic E-state index is 0.0208. The summed E-state index contributed by atoms with van der Waals surface area (Å²) in [6.07, 6.45) is 3.55. The molecule has 2 amide bonds. The number of hydrogen-bond acceptors (Lipinski definition) is 5. The fourth-order valence-electron chi connectivity index (χ4n) is 4.60. The third kappa shape index (κ3) is 4.62. The molecule has 0 radical (unpaired) electrons. The first-order valence-electron chi connectivity index (χ1n) is 11.6. The van der Waals surface area contributed by atoms with E-state index in [2.05, 4.69) is 32.7 Å². The third-order valence-corrected chi connectivity index (χ3v) is 6.84. The molecule has 1 fully saturated rings. The number of benzene rings is 2. The first kappa shape index (κ1) is 22.6. The number of carboxylic acid groups (broad SMARTS) is 1. The number of nitrogens with zero attached hydrogens (tertiary/aromatic N) is 1. The number of carboxylic acids is 1. The lowest BCUT2D eigenvalue weighted by atomic mass is 9.98. The Kier molecular flexibility index (Phi) is 5.98. The van der Waals surface area contributed by atoms with Crippen LogP contribution >= 0.6 is 0 Å². The average molecular weight is 475 g/mol. The number of imidazole rings is 1. The van der Waals surface area contributed by atoms with Crippen LogP contribution in [0.2, 0.25) is 0 Å². The van der Waals surface area contributed by atoms with Crippen LogP contribution in [0, 0.1) is 5.41 Å². The van der Waals surface area contributed by atoms with E-state index in [0.29, 0.717) is 18.5 Å². The average Bonchev–Trinajstić information content (AvgIpc) is 3.37. The summed E-state index contributed by atoms with van der Waals surface area (Å²) in [5, 5.41) is 14.7. The largest absolute Gasteiger partial charge is 0.481 e. The van der Waals surface area contributed by atoms with E-state index in [4.69, 9.17) is 4.74 Å². The van der Waals surface area contributed by atoms with Gasteiger partial charge in [0.2, 0.25) is 5.91 Å². The highest BCUT2D eigenvalue weighted by Gasteiger charge is 2.50. The highest BCUT2D eigenvalue weighted by molar-refractivity contribution is 5.87. The van der Waals surface area contributed by atoms with Gasteiger partial charge in [0.1, 0.15) is 12.6 Å². The van der Waals surface area contributed by atoms with Gasteiger partial charge in [0.15, 0.2) is 0 Å². The number of carbonyl (C=O) groups excluding carboxylic acids is 2. The summed E-state index contributed by atoms with van der Waals surface area (Å²) in [5.41, 5.74) is 4.19. The van der Waals surface area contributed by atoms with E-state index in [9.17, 15) is 19.5 Å². The van der Waals surface area contributed by atoms with Crippen molar-refractivity contribution in [2.24, 2.45) is 5.41 Å². The highest BCUT2D eigenvalue weighted by Crippen LogP contribution is 2.45. The molecule has 1 aromatic heterocycles. The van der Waals surface area contributed by atoms with Crippen molar-refractivity contribution >= 4 is 18.0 Å². The number of alkyl carbamates (subject to hydrolysis) is 1. The molecule has 2 aliphatic carbocycles. The van der Waals surface area contributed by atoms with Gasteiger partial charge in [-0.3, -0.25) is 9.59 Å². The van der Waals surface area contributed by atoms with Crippen molar-refractivity contribution in [1.29, 1.82) is 0 Å². The lowest BCUT2D eigenvalue weighted by Gasteiger charge is -2.20. The van der Waals surface area contributed by atoms with Gasteiger partial charge in [0.25, 0.3) is 0 Å². The van der Waals surface area contributed by atoms with Gasteiger partial charge in [-0.25, -0.2) is 9.78 Å². The van der Waals surface area contributed by atoms with E-state index in [1.165, 1.54) is 6.33 Å². The van der Waals surface area contributed by atoms with Gasteiger partial charge in [-0.1, -0.05) is 48.5 Å². The molecule has 9 nitrogen and oxygen atoms in total. The molecule has 0 aliphatic heterocycles. The second-order valence-corrected chi connectivity index (χ2v) is 9.11. The Bertz CT molecular complexity index is 1210. The SMILES string of the molecule is O=C(N[C@@H](Cc1cnc[nH]1)C(=O)NCC1(C(=O)O)CC1)OCC1c2ccccc2-c2ccccc21. The lowest BCUT2D eigenvalue weighted by Crippen LogP contribution is -2.50. The number of H-pyrrole nitrogens is 1. The minimum Gasteiger partial charge on any atom is -0.481 e. The Labute approximate surface area is 201 Å². The predicted octanol–water partition coefficient (Wildman–Crippen LogP) is 2.84. The molecule has 3 aromatic rings. The van der Waals surface area contributed by atoms with Crippen LogP contribution in [0.1, 0.15) is 35.6 Å². The first-order valence-corrected chi connectivity index (χ1v) is 11.6. The zero-order valence-corrected chi connectivity index (χ0v) is 19.0. The van der Waals surface area contributed by atoms with Crippen LogP contribution in [-0.4, -0.2) is 52.2 Å². The number of aromatic amines is 1. The number of fused-ring (bicyclic) bond motifs is 3. The third-order valence-electron chi connectivity index (χ3n) is 6.84. The molecule has 0 bridgehead atoms. The van der Waals surface area contributed by atoms with Crippen molar-refractivity contribution in [1.82, 2.24) is 20.6 Å². The molecule has 0 unspecified atom stereocenters. The summed E-state index contributed by atoms with van der Waals surface area (Å²) in [4.78, 5) is 43.9. The second-order valence-electron chi connectivity index (χ2n) is 9.11. The first-order chi connectivity index (χ1) is 17.0. The van der Waals surface area contributed by atoms with E-state index < -0.39 is 29.4 Å². The number of aromatic nitrogens is 2. The van der Waals surface area contributed by atoms with Crippen LogP contribution in [0.4, 0.5) is 4.79 Å². The standard InChI is InChI=1S/C26H26N4O5/c31-23(28-14-26(9-10-26)24(32)33)22(11-16-12-27-15-29-16)30-25(34)35-13-21-19-7-3-1-5-17(19)18-6-2-4-8-20(18)21/h1-8,12,15,21-22H,9-11,13-14H2,(H,27,29)(H,28,31)(H,30,34)(H,32,33)/t22-/m0/s1. The van der Waals surface area contributed by atoms with E-state index in [1.807, 2.05) is 36.4 Å². The molecule has 1 saturated carbocycles. The van der Waals surface area contributed by atoms with Crippen molar-refractivity contribution in [3.63, 3.8) is 0 Å². The molecule has 0 spiro atoms. The van der Waals surface area contributed by atoms with E-state index in [-0.39, 0.29) is 25.5 Å². The number of hydrogen-bond donors (Lipinski definition) is 4. The van der Waals surface area contributed by atoms with Crippen molar-refractivity contribution in [2.75, 3.05) is 13.2 Å². The van der Waals surface area contributed by atoms with Gasteiger partial charge < -0.3 is 25.5 Å². The normalized spacial score (nSPS) is 16.0. The molecule has 2 aromatic carbocycles. The number of rotatable bonds is 9. The lowest BCUT2D eigenvalue weighted by molar-refractivity contribution is -0.143. The number of nitrogens with one attached hydrogen (secondary N) is 3. The van der Waals surface area contributed by atoms with Crippen LogP contribution in [0.5, 0.6) is 0 Å². The Hall–Kier alpha value is -4.14. The molecule has 4 N–H and O–H groups in total. The smallest absolute Gasteiger partial charge is 0.407 e. The molecule has 180 valence electrons. The van der Waals surface area contributed by atoms with Crippen LogP contribution in [0.3, 0.4) is 0 Å². The van der Waals surface area contributed by atoms with Crippen molar-refractivity contribution < 1.29 is 24.2 Å². The molecule has 35 heavy (non-hydrogen) atoms. The Morgan fingerprint density at radius 3 is 2.31 bits per heavy atom. The highest BCUT2D eigenvalue weighted by atomic mass is 16.5. The topological polar surface area (TPSA) is 133 Å². The Morgan fingerprint density at radius 1 is 1.09 bits per heavy atom. The van der Waals surface area contributed by atoms with Gasteiger partial charge in [0.05, 0.1) is 11.7 Å². The fraction of sp³-hybridized carbons (Fsp3) is 0.308. The summed E-state index contributed by atoms with van der Waals surface area (Å²) < 4.78 is 5.59. The molecule has 5 rings (SSSR count). The van der Waals surface area contributed by atoms with E-state index >= 15 is 0 Å². The van der Waals surface area contributed by atoms with Crippen molar-refractivity contribution in [3.05, 3.63) is 77.9 Å². The van der Waals surface area contributed by atoms with Gasteiger partial charge in [-0.15, -0.1) is 0 Å². The molecule has 9 heteroatoms. The van der Waals surface area contributed by atoms with Crippen molar-refractivity contribution in [2.45, 2.75) is 31.2 Å². The van der Waals surface area contributed by atoms with Gasteiger partial charge in [-0.05, 0) is 35.1 Å². The molecular weight excluding hydrogens is 448 g/mol. The van der Waals surface area contributed by atoms with Gasteiger partial charge in [-0.2, -0.15) is 0 Å². The summed E-state index contributed by atoms with van der Waals surface area (Å²) in [6.45, 7) is 0.146. The molecule has 0 saturated heterocycles. The van der Waals surface area contributed by atoms with Gasteiger partial charge >= 0.3 is 12.1 Å². The zero-order valence-electron chi connectivity index (χ0n) is 19.0. The Balaban J connectivity index is 1.24. The zero-order chi connectivity index (χ0) is 24.4. The maximum Gasteiger partial charge on any atom is 0.407 e. The summed E-state index contributed by atoms with van der Waals surface area (Å²) in [7, 11) is 0. The summed E-state index contributed by atoms with van der Waals surface area (Å²) in [6, 6.07) is 15.1. The number of carbonyl (C=O) groups is 3. The monoisotopic (exact) mass is 474 g/mol. The van der Waals surface area contributed by atoms with E-state index in [0.717, 1.165) is 22.3 Å². The second kappa shape index (κ2) is 9.25. The summed E-state index contributed by atoms with van der Waals surface area (Å²) >= 11 is 0. The number of aliphatic carboxylic acids is 1. The minimum atomic E-state index is -0.948. The van der Waals surface area contributed by atoms with Gasteiger partial charge in [0, 0.05) is 30.8 Å². The van der Waals surface area contributed by atoms with Crippen LogP contribution in [0.25, 0.3) is 11.1 Å². The van der Waals surface area contributed by atoms with Crippen LogP contribution < -0.4 is 10.6 Å². The summed E-state index contributed by atoms with van der Waals surface area (Å²) in [5.74, 6) is -1.49. The molecule has 2 aliphatic rings. The fourth-order valence-corrected chi connectivity index (χ4v) is 4.60. The molecular formula is C26H26N4O5. The van der Waals surface area contributed by atoms with E-state index in [1.54, 1.807) is 6.20 Å².